The lowest BCUT2D eigenvalue weighted by atomic mass is 9.78. The van der Waals surface area contributed by atoms with Gasteiger partial charge in [0, 0.05) is 9.75 Å². The number of aliphatic hydroxyl groups excluding tert-OH is 1. The molecule has 2 atom stereocenters. The Balaban J connectivity index is 2.80. The molecule has 0 radical (unpaired) electrons. The highest BCUT2D eigenvalue weighted by atomic mass is 32.1. The Labute approximate surface area is 90.8 Å². The zero-order valence-corrected chi connectivity index (χ0v) is 10.5. The maximum Gasteiger partial charge on any atom is 0.0912 e. The summed E-state index contributed by atoms with van der Waals surface area (Å²) in [6.45, 7) is 10.7. The molecule has 1 aromatic heterocycles. The molecule has 0 bridgehead atoms. The fraction of sp³-hybridized carbons (Fsp3) is 0.667. The molecule has 1 heterocycles. The van der Waals surface area contributed by atoms with Crippen LogP contribution in [0.25, 0.3) is 0 Å². The monoisotopic (exact) mass is 212 g/mol. The second-order valence-electron chi connectivity index (χ2n) is 5.05. The topological polar surface area (TPSA) is 20.2 Å². The summed E-state index contributed by atoms with van der Waals surface area (Å²) in [5.74, 6) is 0.278. The Morgan fingerprint density at radius 1 is 1.29 bits per heavy atom. The van der Waals surface area contributed by atoms with Crippen LogP contribution in [0.1, 0.15) is 43.6 Å². The molecule has 80 valence electrons. The smallest absolute Gasteiger partial charge is 0.0912 e. The molecule has 2 unspecified atom stereocenters. The highest BCUT2D eigenvalue weighted by Gasteiger charge is 2.28. The number of hydrogen-bond donors (Lipinski definition) is 1. The molecular weight excluding hydrogens is 192 g/mol. The first-order valence-electron chi connectivity index (χ1n) is 5.07. The van der Waals surface area contributed by atoms with Crippen LogP contribution in [0.5, 0.6) is 0 Å². The van der Waals surface area contributed by atoms with Crippen molar-refractivity contribution in [2.45, 2.75) is 40.7 Å². The summed E-state index contributed by atoms with van der Waals surface area (Å²) in [5, 5.41) is 10.1. The Bertz CT molecular complexity index is 296. The third-order valence-electron chi connectivity index (χ3n) is 2.89. The van der Waals surface area contributed by atoms with Crippen molar-refractivity contribution in [1.29, 1.82) is 0 Å². The van der Waals surface area contributed by atoms with Gasteiger partial charge >= 0.3 is 0 Å². The zero-order valence-electron chi connectivity index (χ0n) is 9.66. The molecule has 1 N–H and O–H groups in total. The van der Waals surface area contributed by atoms with Crippen molar-refractivity contribution in [3.05, 3.63) is 21.9 Å². The third-order valence-corrected chi connectivity index (χ3v) is 3.96. The Morgan fingerprint density at radius 2 is 1.86 bits per heavy atom. The van der Waals surface area contributed by atoms with Crippen molar-refractivity contribution < 1.29 is 5.11 Å². The average molecular weight is 212 g/mol. The molecule has 0 aromatic carbocycles. The molecule has 0 spiro atoms. The molecule has 0 saturated carbocycles. The molecule has 0 aliphatic carbocycles. The molecule has 0 saturated heterocycles. The summed E-state index contributed by atoms with van der Waals surface area (Å²) >= 11 is 1.69. The summed E-state index contributed by atoms with van der Waals surface area (Å²) in [5.41, 5.74) is 0.150. The standard InChI is InChI=1S/C12H20OS/c1-8-6-7-10(14-8)11(13)9(2)12(3,4)5/h6-7,9,11,13H,1-5H3. The van der Waals surface area contributed by atoms with Gasteiger partial charge in [0.15, 0.2) is 0 Å². The highest BCUT2D eigenvalue weighted by Crippen LogP contribution is 2.37. The number of rotatable bonds is 2. The van der Waals surface area contributed by atoms with Gasteiger partial charge in [0.1, 0.15) is 0 Å². The molecule has 0 aliphatic heterocycles. The highest BCUT2D eigenvalue weighted by molar-refractivity contribution is 7.12. The Kier molecular flexibility index (Phi) is 3.38. The molecule has 14 heavy (non-hydrogen) atoms. The van der Waals surface area contributed by atoms with Gasteiger partial charge in [0.05, 0.1) is 6.10 Å². The number of aryl methyl sites for hydroxylation is 1. The minimum atomic E-state index is -0.325. The minimum absolute atomic E-state index is 0.150. The van der Waals surface area contributed by atoms with Gasteiger partial charge in [-0.25, -0.2) is 0 Å². The number of thiophene rings is 1. The number of hydrogen-bond acceptors (Lipinski definition) is 2. The third kappa shape index (κ3) is 2.58. The first kappa shape index (κ1) is 11.7. The predicted octanol–water partition coefficient (Wildman–Crippen LogP) is 3.77. The average Bonchev–Trinajstić information content (AvgIpc) is 2.47. The van der Waals surface area contributed by atoms with E-state index in [-0.39, 0.29) is 17.4 Å². The van der Waals surface area contributed by atoms with Gasteiger partial charge in [-0.05, 0) is 30.4 Å². The van der Waals surface area contributed by atoms with E-state index in [2.05, 4.69) is 40.7 Å². The molecule has 1 aromatic rings. The molecule has 2 heteroatoms. The van der Waals surface area contributed by atoms with E-state index < -0.39 is 0 Å². The predicted molar refractivity (Wildman–Crippen MR) is 62.6 cm³/mol. The largest absolute Gasteiger partial charge is 0.387 e. The van der Waals surface area contributed by atoms with Gasteiger partial charge in [-0.3, -0.25) is 0 Å². The van der Waals surface area contributed by atoms with Crippen molar-refractivity contribution in [1.82, 2.24) is 0 Å². The Morgan fingerprint density at radius 3 is 2.21 bits per heavy atom. The van der Waals surface area contributed by atoms with Crippen LogP contribution in [-0.4, -0.2) is 5.11 Å². The lowest BCUT2D eigenvalue weighted by Gasteiger charge is -2.30. The second-order valence-corrected chi connectivity index (χ2v) is 6.37. The normalized spacial score (nSPS) is 16.7. The van der Waals surface area contributed by atoms with Gasteiger partial charge in [0.2, 0.25) is 0 Å². The van der Waals surface area contributed by atoms with Crippen molar-refractivity contribution in [3.8, 4) is 0 Å². The molecule has 0 aliphatic rings. The van der Waals surface area contributed by atoms with E-state index >= 15 is 0 Å². The van der Waals surface area contributed by atoms with Crippen LogP contribution in [0.15, 0.2) is 12.1 Å². The van der Waals surface area contributed by atoms with Crippen LogP contribution in [-0.2, 0) is 0 Å². The lowest BCUT2D eigenvalue weighted by molar-refractivity contribution is 0.0562. The lowest BCUT2D eigenvalue weighted by Crippen LogP contribution is -2.23. The minimum Gasteiger partial charge on any atom is -0.387 e. The van der Waals surface area contributed by atoms with Crippen LogP contribution in [0.4, 0.5) is 0 Å². The summed E-state index contributed by atoms with van der Waals surface area (Å²) in [6.07, 6.45) is -0.325. The summed E-state index contributed by atoms with van der Waals surface area (Å²) in [6, 6.07) is 4.10. The fourth-order valence-corrected chi connectivity index (χ4v) is 2.30. The van der Waals surface area contributed by atoms with E-state index in [1.165, 1.54) is 4.88 Å². The summed E-state index contributed by atoms with van der Waals surface area (Å²) in [7, 11) is 0. The maximum atomic E-state index is 10.1. The van der Waals surface area contributed by atoms with E-state index in [1.54, 1.807) is 11.3 Å². The van der Waals surface area contributed by atoms with E-state index in [4.69, 9.17) is 0 Å². The molecule has 1 nitrogen and oxygen atoms in total. The van der Waals surface area contributed by atoms with Crippen LogP contribution in [0, 0.1) is 18.3 Å². The molecule has 1 rings (SSSR count). The van der Waals surface area contributed by atoms with E-state index in [1.807, 2.05) is 6.07 Å². The maximum absolute atomic E-state index is 10.1. The van der Waals surface area contributed by atoms with Crippen LogP contribution in [0.3, 0.4) is 0 Å². The van der Waals surface area contributed by atoms with Crippen LogP contribution >= 0.6 is 11.3 Å². The summed E-state index contributed by atoms with van der Waals surface area (Å²) < 4.78 is 0. The molecule has 0 fully saturated rings. The van der Waals surface area contributed by atoms with Crippen molar-refractivity contribution in [2.75, 3.05) is 0 Å². The van der Waals surface area contributed by atoms with Crippen LogP contribution in [0.2, 0.25) is 0 Å². The zero-order chi connectivity index (χ0) is 10.9. The molecular formula is C12H20OS. The van der Waals surface area contributed by atoms with Crippen LogP contribution < -0.4 is 0 Å². The summed E-state index contributed by atoms with van der Waals surface area (Å²) in [4.78, 5) is 2.35. The Hall–Kier alpha value is -0.340. The van der Waals surface area contributed by atoms with Gasteiger partial charge < -0.3 is 5.11 Å². The molecule has 0 amide bonds. The van der Waals surface area contributed by atoms with Gasteiger partial charge in [0.25, 0.3) is 0 Å². The first-order chi connectivity index (χ1) is 6.32. The van der Waals surface area contributed by atoms with E-state index in [0.717, 1.165) is 4.88 Å². The van der Waals surface area contributed by atoms with Gasteiger partial charge in [-0.2, -0.15) is 0 Å². The fourth-order valence-electron chi connectivity index (χ4n) is 1.33. The van der Waals surface area contributed by atoms with E-state index in [9.17, 15) is 5.11 Å². The first-order valence-corrected chi connectivity index (χ1v) is 5.88. The second kappa shape index (κ2) is 4.03. The van der Waals surface area contributed by atoms with Gasteiger partial charge in [-0.1, -0.05) is 27.7 Å². The quantitative estimate of drug-likeness (QED) is 0.791. The van der Waals surface area contributed by atoms with E-state index in [0.29, 0.717) is 0 Å². The van der Waals surface area contributed by atoms with Gasteiger partial charge in [-0.15, -0.1) is 11.3 Å². The SMILES string of the molecule is Cc1ccc(C(O)C(C)C(C)(C)C)s1. The van der Waals surface area contributed by atoms with Crippen molar-refractivity contribution in [3.63, 3.8) is 0 Å². The number of aliphatic hydroxyl groups is 1. The van der Waals surface area contributed by atoms with Crippen molar-refractivity contribution >= 4 is 11.3 Å². The van der Waals surface area contributed by atoms with Crippen molar-refractivity contribution in [2.24, 2.45) is 11.3 Å².